The van der Waals surface area contributed by atoms with Gasteiger partial charge in [0.25, 0.3) is 5.69 Å². The predicted octanol–water partition coefficient (Wildman–Crippen LogP) is 5.35. The van der Waals surface area contributed by atoms with Gasteiger partial charge in [0.1, 0.15) is 0 Å². The van der Waals surface area contributed by atoms with Gasteiger partial charge in [-0.1, -0.05) is 18.2 Å². The van der Waals surface area contributed by atoms with E-state index in [1.165, 1.54) is 26.4 Å². The molecule has 2 N–H and O–H groups in total. The number of nitro groups is 1. The fourth-order valence-corrected chi connectivity index (χ4v) is 4.01. The number of aromatic hydroxyl groups is 2. The number of ether oxygens (including phenoxy) is 2. The third-order valence-electron chi connectivity index (χ3n) is 5.97. The molecule has 0 aromatic heterocycles. The summed E-state index contributed by atoms with van der Waals surface area (Å²) in [5, 5.41) is 37.4. The van der Waals surface area contributed by atoms with Crippen LogP contribution in [0, 0.1) is 10.1 Å². The summed E-state index contributed by atoms with van der Waals surface area (Å²) in [6.07, 6.45) is 4.69. The van der Waals surface area contributed by atoms with Crippen molar-refractivity contribution in [3.8, 4) is 23.0 Å². The first-order chi connectivity index (χ1) is 17.4. The molecule has 3 aromatic carbocycles. The smallest absolute Gasteiger partial charge is 0.269 e. The number of methoxy groups -OCH3 is 2. The number of hydrogen-bond donors (Lipinski definition) is 2. The van der Waals surface area contributed by atoms with Gasteiger partial charge in [0, 0.05) is 30.0 Å². The molecule has 0 saturated carbocycles. The number of phenolic OH excluding ortho intramolecular Hbond substituents is 2. The molecule has 0 saturated heterocycles. The van der Waals surface area contributed by atoms with Crippen molar-refractivity contribution in [3.63, 3.8) is 0 Å². The zero-order valence-corrected chi connectivity index (χ0v) is 20.0. The molecule has 1 aliphatic rings. The largest absolute Gasteiger partial charge is 0.504 e. The second-order valence-electron chi connectivity index (χ2n) is 8.34. The molecule has 1 heterocycles. The number of non-ortho nitro benzene ring substituents is 1. The Bertz CT molecular complexity index is 1320. The zero-order chi connectivity index (χ0) is 25.7. The molecule has 0 aliphatic carbocycles. The Hall–Kier alpha value is -4.53. The topological polar surface area (TPSA) is 118 Å². The maximum absolute atomic E-state index is 11.1. The lowest BCUT2D eigenvalue weighted by Crippen LogP contribution is -2.10. The number of nitro benzene ring substituents is 1. The van der Waals surface area contributed by atoms with Crippen LogP contribution in [0.1, 0.15) is 24.0 Å². The molecule has 9 nitrogen and oxygen atoms in total. The van der Waals surface area contributed by atoms with Gasteiger partial charge in [-0.2, -0.15) is 5.10 Å². The molecule has 9 heteroatoms. The van der Waals surface area contributed by atoms with Gasteiger partial charge in [0.05, 0.1) is 24.8 Å². The highest BCUT2D eigenvalue weighted by Crippen LogP contribution is 2.32. The SMILES string of the molecule is COc1cc(CC=C2CC(CCc3ccc(O)c(OC)c3)=NN2c2ccc([N+](=O)[O-])cc2)ccc1O. The van der Waals surface area contributed by atoms with Crippen molar-refractivity contribution in [2.45, 2.75) is 25.7 Å². The summed E-state index contributed by atoms with van der Waals surface area (Å²) in [5.74, 6) is 1.02. The van der Waals surface area contributed by atoms with Crippen LogP contribution in [0.5, 0.6) is 23.0 Å². The van der Waals surface area contributed by atoms with Gasteiger partial charge in [-0.05, 0) is 66.8 Å². The van der Waals surface area contributed by atoms with Crippen LogP contribution in [0.25, 0.3) is 0 Å². The molecule has 0 atom stereocenters. The third-order valence-corrected chi connectivity index (χ3v) is 5.97. The van der Waals surface area contributed by atoms with Crippen LogP contribution in [0.3, 0.4) is 0 Å². The second-order valence-corrected chi connectivity index (χ2v) is 8.34. The monoisotopic (exact) mass is 489 g/mol. The van der Waals surface area contributed by atoms with Crippen molar-refractivity contribution in [2.24, 2.45) is 5.10 Å². The number of allylic oxidation sites excluding steroid dienone is 2. The Labute approximate surface area is 208 Å². The summed E-state index contributed by atoms with van der Waals surface area (Å²) in [6.45, 7) is 0. The Morgan fingerprint density at radius 1 is 0.944 bits per heavy atom. The van der Waals surface area contributed by atoms with Gasteiger partial charge in [0.15, 0.2) is 23.0 Å². The first-order valence-corrected chi connectivity index (χ1v) is 11.4. The predicted molar refractivity (Wildman–Crippen MR) is 137 cm³/mol. The van der Waals surface area contributed by atoms with Gasteiger partial charge in [-0.15, -0.1) is 0 Å². The summed E-state index contributed by atoms with van der Waals surface area (Å²) in [5.41, 5.74) is 4.65. The van der Waals surface area contributed by atoms with Crippen molar-refractivity contribution < 1.29 is 24.6 Å². The van der Waals surface area contributed by atoms with E-state index in [1.54, 1.807) is 30.3 Å². The van der Waals surface area contributed by atoms with E-state index in [1.807, 2.05) is 23.2 Å². The maximum atomic E-state index is 11.1. The van der Waals surface area contributed by atoms with Crippen molar-refractivity contribution in [1.29, 1.82) is 0 Å². The number of anilines is 1. The Morgan fingerprint density at radius 2 is 1.56 bits per heavy atom. The van der Waals surface area contributed by atoms with Crippen LogP contribution in [0.4, 0.5) is 11.4 Å². The minimum absolute atomic E-state index is 0.0187. The number of hydrogen-bond acceptors (Lipinski definition) is 8. The molecule has 0 unspecified atom stereocenters. The maximum Gasteiger partial charge on any atom is 0.269 e. The van der Waals surface area contributed by atoms with Crippen molar-refractivity contribution in [3.05, 3.63) is 93.7 Å². The van der Waals surface area contributed by atoms with Crippen LogP contribution < -0.4 is 14.5 Å². The van der Waals surface area contributed by atoms with Gasteiger partial charge in [-0.25, -0.2) is 5.01 Å². The standard InChI is InChI=1S/C27H27N3O6/c1-35-26-15-18(5-13-24(26)31)3-7-20-17-23(8-4-19-6-14-25(32)27(16-19)36-2)29(28-20)21-9-11-22(12-10-21)30(33)34/h5-6,8-16,31-32H,3-4,7,17H2,1-2H3. The van der Waals surface area contributed by atoms with Crippen molar-refractivity contribution in [2.75, 3.05) is 19.2 Å². The van der Waals surface area contributed by atoms with E-state index in [2.05, 4.69) is 6.08 Å². The van der Waals surface area contributed by atoms with E-state index in [9.17, 15) is 20.3 Å². The van der Waals surface area contributed by atoms with Gasteiger partial charge in [0.2, 0.25) is 0 Å². The number of phenols is 2. The fourth-order valence-electron chi connectivity index (χ4n) is 4.01. The van der Waals surface area contributed by atoms with E-state index in [-0.39, 0.29) is 17.2 Å². The van der Waals surface area contributed by atoms with Crippen LogP contribution >= 0.6 is 0 Å². The molecular formula is C27H27N3O6. The molecule has 186 valence electrons. The first kappa shape index (κ1) is 24.6. The highest BCUT2D eigenvalue weighted by Gasteiger charge is 2.22. The van der Waals surface area contributed by atoms with E-state index in [4.69, 9.17) is 14.6 Å². The minimum atomic E-state index is -0.427. The molecule has 0 amide bonds. The quantitative estimate of drug-likeness (QED) is 0.307. The minimum Gasteiger partial charge on any atom is -0.504 e. The Morgan fingerprint density at radius 3 is 2.17 bits per heavy atom. The Kier molecular flexibility index (Phi) is 7.39. The van der Waals surface area contributed by atoms with Gasteiger partial charge in [-0.3, -0.25) is 10.1 Å². The molecule has 0 bridgehead atoms. The van der Waals surface area contributed by atoms with Crippen LogP contribution in [0.2, 0.25) is 0 Å². The molecule has 0 spiro atoms. The number of benzene rings is 3. The summed E-state index contributed by atoms with van der Waals surface area (Å²) in [6, 6.07) is 16.8. The van der Waals surface area contributed by atoms with E-state index >= 15 is 0 Å². The lowest BCUT2D eigenvalue weighted by molar-refractivity contribution is -0.384. The van der Waals surface area contributed by atoms with Crippen LogP contribution in [-0.4, -0.2) is 35.1 Å². The molecule has 0 radical (unpaired) electrons. The molecule has 0 fully saturated rings. The third kappa shape index (κ3) is 5.57. The summed E-state index contributed by atoms with van der Waals surface area (Å²) in [4.78, 5) is 10.6. The van der Waals surface area contributed by atoms with Crippen LogP contribution in [-0.2, 0) is 12.8 Å². The lowest BCUT2D eigenvalue weighted by atomic mass is 10.0. The van der Waals surface area contributed by atoms with Crippen LogP contribution in [0.15, 0.2) is 77.5 Å². The second kappa shape index (κ2) is 10.8. The van der Waals surface area contributed by atoms with Gasteiger partial charge < -0.3 is 19.7 Å². The fraction of sp³-hybridized carbons (Fsp3) is 0.222. The summed E-state index contributed by atoms with van der Waals surface area (Å²) in [7, 11) is 3.02. The molecular weight excluding hydrogens is 462 g/mol. The van der Waals surface area contributed by atoms with Crippen molar-refractivity contribution >= 4 is 17.1 Å². The Balaban J connectivity index is 1.56. The lowest BCUT2D eigenvalue weighted by Gasteiger charge is -2.16. The molecule has 3 aromatic rings. The highest BCUT2D eigenvalue weighted by atomic mass is 16.6. The van der Waals surface area contributed by atoms with Crippen molar-refractivity contribution in [1.82, 2.24) is 0 Å². The number of nitrogens with zero attached hydrogens (tertiary/aromatic N) is 3. The molecule has 1 aliphatic heterocycles. The molecule has 4 rings (SSSR count). The van der Waals surface area contributed by atoms with Gasteiger partial charge >= 0.3 is 0 Å². The summed E-state index contributed by atoms with van der Waals surface area (Å²) >= 11 is 0. The first-order valence-electron chi connectivity index (χ1n) is 11.4. The summed E-state index contributed by atoms with van der Waals surface area (Å²) < 4.78 is 10.4. The van der Waals surface area contributed by atoms with E-state index in [0.717, 1.165) is 28.2 Å². The number of hydrazone groups is 1. The number of rotatable bonds is 9. The zero-order valence-electron chi connectivity index (χ0n) is 20.0. The normalized spacial score (nSPS) is 14.1. The average molecular weight is 490 g/mol. The van der Waals surface area contributed by atoms with E-state index in [0.29, 0.717) is 37.2 Å². The highest BCUT2D eigenvalue weighted by molar-refractivity contribution is 5.91. The molecule has 36 heavy (non-hydrogen) atoms. The van der Waals surface area contributed by atoms with E-state index < -0.39 is 4.92 Å². The average Bonchev–Trinajstić information content (AvgIpc) is 3.30. The number of aryl methyl sites for hydroxylation is 1.